The number of amides is 2. The minimum atomic E-state index is -1.31. The van der Waals surface area contributed by atoms with Gasteiger partial charge >= 0.3 is 5.97 Å². The van der Waals surface area contributed by atoms with Crippen LogP contribution in [0.2, 0.25) is 5.02 Å². The molecule has 2 aliphatic rings. The molecule has 0 spiro atoms. The average molecular weight is 654 g/mol. The number of hydrogen-bond acceptors (Lipinski definition) is 12. The zero-order chi connectivity index (χ0) is 29.3. The first-order valence-corrected chi connectivity index (χ1v) is 15.4. The number of carboxylic acids is 1. The number of anilines is 1. The zero-order valence-corrected chi connectivity index (χ0v) is 24.4. The monoisotopic (exact) mass is 653 g/mol. The summed E-state index contributed by atoms with van der Waals surface area (Å²) in [6, 6.07) is 5.46. The Balaban J connectivity index is 1.32. The molecule has 5 rings (SSSR count). The van der Waals surface area contributed by atoms with E-state index in [2.05, 4.69) is 20.3 Å². The number of alkyl halides is 1. The molecule has 1 unspecified atom stereocenters. The van der Waals surface area contributed by atoms with Gasteiger partial charge in [0.2, 0.25) is 0 Å². The molecule has 0 bridgehead atoms. The molecule has 1 aromatic carbocycles. The molecule has 17 heteroatoms. The van der Waals surface area contributed by atoms with E-state index in [0.717, 1.165) is 20.9 Å². The summed E-state index contributed by atoms with van der Waals surface area (Å²) in [6.07, 6.45) is 1.58. The van der Waals surface area contributed by atoms with Gasteiger partial charge in [0, 0.05) is 32.3 Å². The molecule has 2 amide bonds. The van der Waals surface area contributed by atoms with E-state index in [1.807, 2.05) is 0 Å². The number of hydrogen-bond donors (Lipinski definition) is 3. The Hall–Kier alpha value is -3.44. The van der Waals surface area contributed by atoms with E-state index in [1.165, 1.54) is 46.3 Å². The standard InChI is InChI=1S/C24H17ClFN5O6S4/c25-11-1-2-12-14(32)6-16(41-15(12)5-11)38-4-3-10-7-39-22-18(21(34)31(22)19(10)23(35)36)29-20(33)17(30-37-9-26)13-8-40-24(27)28-13/h1-6,8,18,22H,7,9H2,(H2,27,28)(H,29,33)(H,35,36)/t18?,22-/m1/s1. The van der Waals surface area contributed by atoms with E-state index in [9.17, 15) is 28.7 Å². The molecule has 2 atom stereocenters. The first-order valence-electron chi connectivity index (χ1n) is 11.4. The molecular weight excluding hydrogens is 637 g/mol. The third-order valence-electron chi connectivity index (χ3n) is 5.79. The number of carbonyl (C=O) groups excluding carboxylic acids is 2. The van der Waals surface area contributed by atoms with Crippen LogP contribution in [0.3, 0.4) is 0 Å². The molecule has 0 saturated carbocycles. The number of carbonyl (C=O) groups is 3. The maximum Gasteiger partial charge on any atom is 0.352 e. The van der Waals surface area contributed by atoms with Gasteiger partial charge in [-0.3, -0.25) is 19.3 Å². The fraction of sp³-hybridized carbons (Fsp3) is 0.167. The largest absolute Gasteiger partial charge is 0.477 e. The van der Waals surface area contributed by atoms with Crippen molar-refractivity contribution in [3.63, 3.8) is 0 Å². The van der Waals surface area contributed by atoms with E-state index in [0.29, 0.717) is 20.2 Å². The Bertz CT molecular complexity index is 1720. The van der Waals surface area contributed by atoms with E-state index < -0.39 is 36.1 Å². The van der Waals surface area contributed by atoms with Gasteiger partial charge in [-0.25, -0.2) is 14.2 Å². The van der Waals surface area contributed by atoms with Crippen molar-refractivity contribution in [1.82, 2.24) is 15.2 Å². The van der Waals surface area contributed by atoms with Crippen LogP contribution in [0.4, 0.5) is 9.52 Å². The lowest BCUT2D eigenvalue weighted by atomic mass is 10.0. The number of thioether (sulfide) groups is 2. The maximum atomic E-state index is 13.0. The normalized spacial score (nSPS) is 18.9. The molecule has 212 valence electrons. The molecule has 3 aromatic rings. The number of nitrogens with two attached hydrogens (primary N) is 1. The van der Waals surface area contributed by atoms with Gasteiger partial charge in [0.1, 0.15) is 22.8 Å². The molecule has 11 nitrogen and oxygen atoms in total. The number of aromatic nitrogens is 1. The van der Waals surface area contributed by atoms with Gasteiger partial charge in [-0.1, -0.05) is 28.5 Å². The second-order valence-corrected chi connectivity index (χ2v) is 13.0. The van der Waals surface area contributed by atoms with Crippen LogP contribution in [-0.4, -0.2) is 62.5 Å². The summed E-state index contributed by atoms with van der Waals surface area (Å²) in [7, 11) is 0. The highest BCUT2D eigenvalue weighted by molar-refractivity contribution is 8.04. The summed E-state index contributed by atoms with van der Waals surface area (Å²) in [5, 5.41) is 19.5. The number of fused-ring (bicyclic) bond motifs is 2. The van der Waals surface area contributed by atoms with Crippen LogP contribution in [0.1, 0.15) is 5.69 Å². The number of nitrogens with zero attached hydrogens (tertiary/aromatic N) is 3. The molecule has 1 fully saturated rings. The molecular formula is C24H17ClFN5O6S4. The predicted octanol–water partition coefficient (Wildman–Crippen LogP) is 3.65. The predicted molar refractivity (Wildman–Crippen MR) is 158 cm³/mol. The minimum absolute atomic E-state index is 0.0361. The molecule has 2 aliphatic heterocycles. The van der Waals surface area contributed by atoms with Gasteiger partial charge in [-0.15, -0.1) is 34.4 Å². The lowest BCUT2D eigenvalue weighted by Crippen LogP contribution is -2.71. The average Bonchev–Trinajstić information content (AvgIpc) is 3.36. The first kappa shape index (κ1) is 29.1. The van der Waals surface area contributed by atoms with Gasteiger partial charge in [0.25, 0.3) is 18.7 Å². The van der Waals surface area contributed by atoms with Crippen molar-refractivity contribution in [1.29, 1.82) is 0 Å². The second-order valence-electron chi connectivity index (χ2n) is 8.28. The topological polar surface area (TPSA) is 164 Å². The number of nitrogen functional groups attached to an aromatic ring is 1. The molecule has 2 aromatic heterocycles. The first-order chi connectivity index (χ1) is 19.7. The van der Waals surface area contributed by atoms with Gasteiger partial charge in [0.15, 0.2) is 16.3 Å². The van der Waals surface area contributed by atoms with Crippen molar-refractivity contribution in [3.8, 4) is 0 Å². The summed E-state index contributed by atoms with van der Waals surface area (Å²) >= 11 is 10.9. The van der Waals surface area contributed by atoms with Crippen molar-refractivity contribution < 1.29 is 28.7 Å². The Morgan fingerprint density at radius 1 is 1.37 bits per heavy atom. The van der Waals surface area contributed by atoms with Crippen LogP contribution in [0.5, 0.6) is 0 Å². The third kappa shape index (κ3) is 5.97. The lowest BCUT2D eigenvalue weighted by molar-refractivity contribution is -0.150. The number of carboxylic acid groups (broad SMARTS) is 1. The quantitative estimate of drug-likeness (QED) is 0.134. The number of aliphatic carboxylic acids is 1. The number of rotatable bonds is 9. The number of nitrogens with one attached hydrogen (secondary N) is 1. The molecule has 4 N–H and O–H groups in total. The molecule has 4 heterocycles. The zero-order valence-electron chi connectivity index (χ0n) is 20.4. The number of oxime groups is 1. The van der Waals surface area contributed by atoms with Crippen molar-refractivity contribution >= 4 is 96.5 Å². The smallest absolute Gasteiger partial charge is 0.352 e. The van der Waals surface area contributed by atoms with Crippen molar-refractivity contribution in [2.75, 3.05) is 18.3 Å². The fourth-order valence-electron chi connectivity index (χ4n) is 4.02. The number of allylic oxidation sites excluding steroid dienone is 1. The summed E-state index contributed by atoms with van der Waals surface area (Å²) in [5.41, 5.74) is 5.29. The molecule has 1 saturated heterocycles. The molecule has 0 aliphatic carbocycles. The summed E-state index contributed by atoms with van der Waals surface area (Å²) in [4.78, 5) is 59.9. The lowest BCUT2D eigenvalue weighted by Gasteiger charge is -2.49. The van der Waals surface area contributed by atoms with E-state index in [1.54, 1.807) is 29.7 Å². The van der Waals surface area contributed by atoms with Crippen LogP contribution >= 0.6 is 57.8 Å². The van der Waals surface area contributed by atoms with Crippen molar-refractivity contribution in [2.45, 2.75) is 15.6 Å². The van der Waals surface area contributed by atoms with Crippen molar-refractivity contribution in [3.05, 3.63) is 73.3 Å². The van der Waals surface area contributed by atoms with Crippen LogP contribution in [0.25, 0.3) is 10.1 Å². The minimum Gasteiger partial charge on any atom is -0.477 e. The highest BCUT2D eigenvalue weighted by Gasteiger charge is 2.54. The maximum absolute atomic E-state index is 13.0. The van der Waals surface area contributed by atoms with Crippen LogP contribution in [-0.2, 0) is 19.2 Å². The Morgan fingerprint density at radius 3 is 2.88 bits per heavy atom. The molecule has 41 heavy (non-hydrogen) atoms. The third-order valence-corrected chi connectivity index (χ3v) is 10.0. The SMILES string of the molecule is Nc1nc(C(=NOCF)C(=O)NC2C(=O)N3C(C(=O)O)=C(C=CSc4cc(=O)c5ccc(Cl)cc5s4)CS[C@H]23)cs1. The van der Waals surface area contributed by atoms with Gasteiger partial charge in [0.05, 0.1) is 4.21 Å². The molecule has 0 radical (unpaired) electrons. The number of halogens is 2. The van der Waals surface area contributed by atoms with E-state index >= 15 is 0 Å². The fourth-order valence-corrected chi connectivity index (χ4v) is 8.14. The van der Waals surface area contributed by atoms with Gasteiger partial charge < -0.3 is 21.0 Å². The summed E-state index contributed by atoms with van der Waals surface area (Å²) in [5.74, 6) is -2.57. The highest BCUT2D eigenvalue weighted by atomic mass is 35.5. The highest BCUT2D eigenvalue weighted by Crippen LogP contribution is 2.41. The van der Waals surface area contributed by atoms with E-state index in [4.69, 9.17) is 17.3 Å². The number of thiazole rings is 1. The summed E-state index contributed by atoms with van der Waals surface area (Å²) in [6.45, 7) is -1.29. The Labute approximate surface area is 251 Å². The van der Waals surface area contributed by atoms with Crippen molar-refractivity contribution in [2.24, 2.45) is 5.16 Å². The van der Waals surface area contributed by atoms with Gasteiger partial charge in [-0.05, 0) is 35.3 Å². The number of β-lactam (4-membered cyclic amide) rings is 1. The van der Waals surface area contributed by atoms with E-state index in [-0.39, 0.29) is 33.4 Å². The van der Waals surface area contributed by atoms with Crippen LogP contribution in [0.15, 0.2) is 66.6 Å². The van der Waals surface area contributed by atoms with Gasteiger partial charge in [-0.2, -0.15) is 0 Å². The Kier molecular flexibility index (Phi) is 8.65. The second kappa shape index (κ2) is 12.2. The summed E-state index contributed by atoms with van der Waals surface area (Å²) < 4.78 is 13.9. The van der Waals surface area contributed by atoms with Crippen LogP contribution < -0.4 is 16.5 Å². The number of benzene rings is 1. The van der Waals surface area contributed by atoms with Crippen LogP contribution in [0, 0.1) is 0 Å². The Morgan fingerprint density at radius 2 is 2.17 bits per heavy atom.